The van der Waals surface area contributed by atoms with Gasteiger partial charge in [0.1, 0.15) is 5.82 Å². The van der Waals surface area contributed by atoms with E-state index in [-0.39, 0.29) is 5.82 Å². The molecule has 1 aromatic carbocycles. The van der Waals surface area contributed by atoms with Crippen LogP contribution in [0.1, 0.15) is 5.56 Å². The second kappa shape index (κ2) is 4.72. The van der Waals surface area contributed by atoms with Crippen LogP contribution < -0.4 is 0 Å². The van der Waals surface area contributed by atoms with E-state index in [1.807, 2.05) is 0 Å². The van der Waals surface area contributed by atoms with Crippen LogP contribution in [-0.2, 0) is 16.6 Å². The Kier molecular flexibility index (Phi) is 3.46. The normalized spacial score (nSPS) is 16.4. The zero-order chi connectivity index (χ0) is 12.5. The minimum Gasteiger partial charge on any atom is -0.207 e. The Balaban J connectivity index is 1.94. The van der Waals surface area contributed by atoms with Crippen molar-refractivity contribution in [1.82, 2.24) is 8.61 Å². The monoisotopic (exact) mass is 258 g/mol. The lowest BCUT2D eigenvalue weighted by molar-refractivity contribution is 0.445. The second-order valence-corrected chi connectivity index (χ2v) is 6.14. The van der Waals surface area contributed by atoms with E-state index in [2.05, 4.69) is 0 Å². The molecule has 6 heteroatoms. The summed E-state index contributed by atoms with van der Waals surface area (Å²) in [7, 11) is -1.72. The van der Waals surface area contributed by atoms with E-state index in [1.54, 1.807) is 19.2 Å². The molecule has 2 rings (SSSR count). The van der Waals surface area contributed by atoms with Gasteiger partial charge in [0.05, 0.1) is 0 Å². The van der Waals surface area contributed by atoms with Gasteiger partial charge in [-0.3, -0.25) is 0 Å². The summed E-state index contributed by atoms with van der Waals surface area (Å²) in [5.74, 6) is -0.293. The molecular weight excluding hydrogens is 243 g/mol. The van der Waals surface area contributed by atoms with Crippen molar-refractivity contribution < 1.29 is 12.8 Å². The third-order valence-electron chi connectivity index (χ3n) is 2.73. The standard InChI is InChI=1S/C11H15FN2O2S/c1-13(17(15,16)14-7-8-14)6-5-10-3-2-4-11(12)9-10/h2-4,9H,5-8H2,1H3. The van der Waals surface area contributed by atoms with E-state index in [1.165, 1.54) is 20.7 Å². The molecule has 1 heterocycles. The predicted octanol–water partition coefficient (Wildman–Crippen LogP) is 0.860. The molecule has 0 saturated carbocycles. The lowest BCUT2D eigenvalue weighted by Crippen LogP contribution is -2.33. The fraction of sp³-hybridized carbons (Fsp3) is 0.455. The number of likely N-dealkylation sites (N-methyl/N-ethyl adjacent to an activating group) is 1. The van der Waals surface area contributed by atoms with Crippen LogP contribution >= 0.6 is 0 Å². The van der Waals surface area contributed by atoms with Gasteiger partial charge in [-0.05, 0) is 24.1 Å². The molecule has 0 spiro atoms. The van der Waals surface area contributed by atoms with Gasteiger partial charge in [-0.15, -0.1) is 0 Å². The zero-order valence-electron chi connectivity index (χ0n) is 9.63. The molecule has 4 nitrogen and oxygen atoms in total. The Hall–Kier alpha value is -0.980. The topological polar surface area (TPSA) is 40.4 Å². The largest absolute Gasteiger partial charge is 0.281 e. The highest BCUT2D eigenvalue weighted by molar-refractivity contribution is 7.87. The summed E-state index contributed by atoms with van der Waals surface area (Å²) in [6.07, 6.45) is 0.515. The van der Waals surface area contributed by atoms with Crippen LogP contribution in [0.5, 0.6) is 0 Å². The number of hydrogen-bond donors (Lipinski definition) is 0. The lowest BCUT2D eigenvalue weighted by Gasteiger charge is -2.17. The Morgan fingerprint density at radius 2 is 2.12 bits per heavy atom. The van der Waals surface area contributed by atoms with E-state index >= 15 is 0 Å². The number of hydrogen-bond acceptors (Lipinski definition) is 2. The fourth-order valence-electron chi connectivity index (χ4n) is 1.56. The molecule has 0 bridgehead atoms. The van der Waals surface area contributed by atoms with E-state index in [4.69, 9.17) is 0 Å². The summed E-state index contributed by atoms with van der Waals surface area (Å²) < 4.78 is 39.2. The van der Waals surface area contributed by atoms with Gasteiger partial charge in [-0.2, -0.15) is 17.0 Å². The molecule has 1 saturated heterocycles. The minimum atomic E-state index is -3.27. The van der Waals surface area contributed by atoms with Gasteiger partial charge >= 0.3 is 0 Å². The van der Waals surface area contributed by atoms with Gasteiger partial charge in [0, 0.05) is 26.7 Å². The molecule has 0 aliphatic carbocycles. The highest BCUT2D eigenvalue weighted by atomic mass is 32.2. The first-order valence-corrected chi connectivity index (χ1v) is 6.86. The smallest absolute Gasteiger partial charge is 0.207 e. The quantitative estimate of drug-likeness (QED) is 0.735. The number of nitrogens with zero attached hydrogens (tertiary/aromatic N) is 2. The van der Waals surface area contributed by atoms with Crippen LogP contribution in [0.2, 0.25) is 0 Å². The first-order chi connectivity index (χ1) is 8.00. The Bertz CT molecular complexity index is 500. The van der Waals surface area contributed by atoms with Crippen molar-refractivity contribution in [2.45, 2.75) is 6.42 Å². The summed E-state index contributed by atoms with van der Waals surface area (Å²) in [5.41, 5.74) is 0.804. The molecule has 1 aromatic rings. The van der Waals surface area contributed by atoms with Crippen molar-refractivity contribution in [1.29, 1.82) is 0 Å². The maximum absolute atomic E-state index is 12.9. The van der Waals surface area contributed by atoms with Crippen LogP contribution in [0.3, 0.4) is 0 Å². The molecule has 1 aliphatic rings. The Morgan fingerprint density at radius 3 is 2.71 bits per heavy atom. The minimum absolute atomic E-state index is 0.293. The summed E-state index contributed by atoms with van der Waals surface area (Å²) in [5, 5.41) is 0. The van der Waals surface area contributed by atoms with Gasteiger partial charge in [0.2, 0.25) is 0 Å². The zero-order valence-corrected chi connectivity index (χ0v) is 10.5. The van der Waals surface area contributed by atoms with Gasteiger partial charge in [0.15, 0.2) is 0 Å². The maximum atomic E-state index is 12.9. The maximum Gasteiger partial charge on any atom is 0.281 e. The third kappa shape index (κ3) is 3.02. The summed E-state index contributed by atoms with van der Waals surface area (Å²) in [6, 6.07) is 6.22. The van der Waals surface area contributed by atoms with Gasteiger partial charge in [-0.1, -0.05) is 12.1 Å². The molecule has 17 heavy (non-hydrogen) atoms. The van der Waals surface area contributed by atoms with Gasteiger partial charge < -0.3 is 0 Å². The number of benzene rings is 1. The van der Waals surface area contributed by atoms with E-state index < -0.39 is 10.2 Å². The highest BCUT2D eigenvalue weighted by Crippen LogP contribution is 2.15. The lowest BCUT2D eigenvalue weighted by atomic mass is 10.1. The molecule has 0 unspecified atom stereocenters. The molecule has 0 amide bonds. The molecule has 0 N–H and O–H groups in total. The molecule has 1 fully saturated rings. The summed E-state index contributed by atoms with van der Waals surface area (Å²) in [4.78, 5) is 0. The Labute approximate surface area is 101 Å². The van der Waals surface area contributed by atoms with Gasteiger partial charge in [-0.25, -0.2) is 4.39 Å². The predicted molar refractivity (Wildman–Crippen MR) is 63.2 cm³/mol. The molecule has 0 atom stereocenters. The molecule has 94 valence electrons. The summed E-state index contributed by atoms with van der Waals surface area (Å²) >= 11 is 0. The van der Waals surface area contributed by atoms with E-state index in [9.17, 15) is 12.8 Å². The number of halogens is 1. The van der Waals surface area contributed by atoms with Gasteiger partial charge in [0.25, 0.3) is 10.2 Å². The van der Waals surface area contributed by atoms with E-state index in [0.29, 0.717) is 26.1 Å². The third-order valence-corrected chi connectivity index (χ3v) is 4.72. The van der Waals surface area contributed by atoms with Crippen LogP contribution in [0.15, 0.2) is 24.3 Å². The summed E-state index contributed by atoms with van der Waals surface area (Å²) in [6.45, 7) is 1.57. The highest BCUT2D eigenvalue weighted by Gasteiger charge is 2.34. The fourth-order valence-corrected chi connectivity index (χ4v) is 2.82. The van der Waals surface area contributed by atoms with Crippen LogP contribution in [0.25, 0.3) is 0 Å². The first kappa shape index (κ1) is 12.5. The average molecular weight is 258 g/mol. The first-order valence-electron chi connectivity index (χ1n) is 5.46. The van der Waals surface area contributed by atoms with E-state index in [0.717, 1.165) is 5.56 Å². The van der Waals surface area contributed by atoms with Crippen molar-refractivity contribution in [2.24, 2.45) is 0 Å². The SMILES string of the molecule is CN(CCc1cccc(F)c1)S(=O)(=O)N1CC1. The number of rotatable bonds is 5. The van der Waals surface area contributed by atoms with Crippen LogP contribution in [0.4, 0.5) is 4.39 Å². The van der Waals surface area contributed by atoms with Crippen molar-refractivity contribution >= 4 is 10.2 Å². The average Bonchev–Trinajstić information content (AvgIpc) is 3.09. The Morgan fingerprint density at radius 1 is 1.41 bits per heavy atom. The molecule has 0 aromatic heterocycles. The molecular formula is C11H15FN2O2S. The van der Waals surface area contributed by atoms with Crippen LogP contribution in [0, 0.1) is 5.82 Å². The van der Waals surface area contributed by atoms with Crippen LogP contribution in [-0.4, -0.2) is 43.7 Å². The van der Waals surface area contributed by atoms with Crippen molar-refractivity contribution in [3.63, 3.8) is 0 Å². The van der Waals surface area contributed by atoms with Crippen molar-refractivity contribution in [3.8, 4) is 0 Å². The molecule has 0 radical (unpaired) electrons. The second-order valence-electron chi connectivity index (χ2n) is 4.11. The molecule has 1 aliphatic heterocycles. The van der Waals surface area contributed by atoms with Crippen molar-refractivity contribution in [2.75, 3.05) is 26.7 Å². The van der Waals surface area contributed by atoms with Crippen molar-refractivity contribution in [3.05, 3.63) is 35.6 Å².